The third kappa shape index (κ3) is 2.64. The molecule has 0 N–H and O–H groups in total. The normalized spacial score (nSPS) is 34.2. The van der Waals surface area contributed by atoms with E-state index in [0.29, 0.717) is 17.9 Å². The van der Waals surface area contributed by atoms with Crippen LogP contribution in [0.25, 0.3) is 0 Å². The van der Waals surface area contributed by atoms with E-state index in [1.807, 2.05) is 0 Å². The number of carbonyl (C=O) groups is 1. The Hall–Kier alpha value is -0.410. The summed E-state index contributed by atoms with van der Waals surface area (Å²) >= 11 is 0. The van der Waals surface area contributed by atoms with E-state index in [4.69, 9.17) is 0 Å². The molecule has 2 atom stereocenters. The third-order valence-corrected chi connectivity index (χ3v) is 4.13. The first-order chi connectivity index (χ1) is 7.70. The van der Waals surface area contributed by atoms with Crippen molar-refractivity contribution in [1.82, 2.24) is 9.80 Å². The summed E-state index contributed by atoms with van der Waals surface area (Å²) < 4.78 is 0. The highest BCUT2D eigenvalue weighted by molar-refractivity contribution is 5.79. The zero-order chi connectivity index (χ0) is 11.5. The Kier molecular flexibility index (Phi) is 3.98. The van der Waals surface area contributed by atoms with Gasteiger partial charge in [-0.25, -0.2) is 0 Å². The first-order valence-corrected chi connectivity index (χ1v) is 6.70. The number of likely N-dealkylation sites (N-methyl/N-ethyl adjacent to an activating group) is 1. The van der Waals surface area contributed by atoms with Crippen molar-refractivity contribution in [2.24, 2.45) is 0 Å². The van der Waals surface area contributed by atoms with Crippen LogP contribution >= 0.6 is 0 Å². The predicted molar refractivity (Wildman–Crippen MR) is 65.5 cm³/mol. The Balaban J connectivity index is 1.93. The minimum atomic E-state index is 0.451. The van der Waals surface area contributed by atoms with E-state index in [9.17, 15) is 4.79 Å². The van der Waals surface area contributed by atoms with Gasteiger partial charge in [-0.05, 0) is 32.9 Å². The highest BCUT2D eigenvalue weighted by atomic mass is 16.1. The van der Waals surface area contributed by atoms with Gasteiger partial charge in [0.05, 0.1) is 0 Å². The molecule has 0 spiro atoms. The highest BCUT2D eigenvalue weighted by Gasteiger charge is 2.31. The van der Waals surface area contributed by atoms with Crippen molar-refractivity contribution in [2.45, 2.75) is 51.6 Å². The average Bonchev–Trinajstić information content (AvgIpc) is 2.29. The molecule has 3 heteroatoms. The lowest BCUT2D eigenvalue weighted by molar-refractivity contribution is -0.124. The molecule has 2 fully saturated rings. The predicted octanol–water partition coefficient (Wildman–Crippen LogP) is 1.52. The highest BCUT2D eigenvalue weighted by Crippen LogP contribution is 2.22. The molecule has 0 amide bonds. The molecule has 0 aromatic carbocycles. The van der Waals surface area contributed by atoms with Crippen LogP contribution in [0, 0.1) is 0 Å². The van der Waals surface area contributed by atoms with Gasteiger partial charge < -0.3 is 4.90 Å². The van der Waals surface area contributed by atoms with E-state index in [2.05, 4.69) is 23.6 Å². The quantitative estimate of drug-likeness (QED) is 0.710. The molecule has 0 saturated carbocycles. The number of likely N-dealkylation sites (tertiary alicyclic amines) is 2. The van der Waals surface area contributed by atoms with Crippen LogP contribution in [0.2, 0.25) is 0 Å². The number of hydrogen-bond acceptors (Lipinski definition) is 3. The van der Waals surface area contributed by atoms with Crippen molar-refractivity contribution < 1.29 is 4.79 Å². The second-order valence-corrected chi connectivity index (χ2v) is 5.27. The molecule has 0 aromatic heterocycles. The summed E-state index contributed by atoms with van der Waals surface area (Å²) in [5.41, 5.74) is 0. The van der Waals surface area contributed by atoms with Crippen LogP contribution in [0.15, 0.2) is 0 Å². The maximum atomic E-state index is 11.4. The maximum Gasteiger partial charge on any atom is 0.135 e. The van der Waals surface area contributed by atoms with E-state index in [-0.39, 0.29) is 0 Å². The molecule has 2 rings (SSSR count). The number of nitrogens with zero attached hydrogens (tertiary/aromatic N) is 2. The minimum Gasteiger partial charge on any atom is -0.302 e. The Morgan fingerprint density at radius 1 is 1.38 bits per heavy atom. The minimum absolute atomic E-state index is 0.451. The summed E-state index contributed by atoms with van der Waals surface area (Å²) in [6.45, 7) is 9.07. The summed E-state index contributed by atoms with van der Waals surface area (Å²) in [6, 6.07) is 1.15. The molecule has 2 aliphatic rings. The lowest BCUT2D eigenvalue weighted by Gasteiger charge is -2.43. The first-order valence-electron chi connectivity index (χ1n) is 6.70. The number of piperidine rings is 2. The summed E-state index contributed by atoms with van der Waals surface area (Å²) in [5, 5.41) is 0. The molecular formula is C13H24N2O. The topological polar surface area (TPSA) is 23.6 Å². The van der Waals surface area contributed by atoms with Gasteiger partial charge in [-0.1, -0.05) is 6.92 Å². The zero-order valence-electron chi connectivity index (χ0n) is 10.6. The molecule has 2 heterocycles. The maximum absolute atomic E-state index is 11.4. The SMILES string of the molecule is CCN1CCCC(N2CCC(=O)CC2C)C1. The molecular weight excluding hydrogens is 200 g/mol. The molecule has 92 valence electrons. The lowest BCUT2D eigenvalue weighted by Crippen LogP contribution is -2.53. The number of carbonyl (C=O) groups excluding carboxylic acids is 1. The number of rotatable bonds is 2. The fraction of sp³-hybridized carbons (Fsp3) is 0.923. The van der Waals surface area contributed by atoms with Crippen molar-refractivity contribution in [3.63, 3.8) is 0 Å². The van der Waals surface area contributed by atoms with Crippen molar-refractivity contribution >= 4 is 5.78 Å². The Labute approximate surface area is 98.8 Å². The van der Waals surface area contributed by atoms with Crippen molar-refractivity contribution in [1.29, 1.82) is 0 Å². The van der Waals surface area contributed by atoms with Crippen LogP contribution in [0.4, 0.5) is 0 Å². The van der Waals surface area contributed by atoms with Crippen molar-refractivity contribution in [3.05, 3.63) is 0 Å². The van der Waals surface area contributed by atoms with Gasteiger partial charge in [-0.3, -0.25) is 9.69 Å². The second-order valence-electron chi connectivity index (χ2n) is 5.27. The van der Waals surface area contributed by atoms with Crippen LogP contribution in [0.5, 0.6) is 0 Å². The Morgan fingerprint density at radius 3 is 2.88 bits per heavy atom. The van der Waals surface area contributed by atoms with Gasteiger partial charge >= 0.3 is 0 Å². The van der Waals surface area contributed by atoms with Gasteiger partial charge in [0.15, 0.2) is 0 Å². The van der Waals surface area contributed by atoms with Crippen LogP contribution in [0.1, 0.15) is 39.5 Å². The largest absolute Gasteiger partial charge is 0.302 e. The summed E-state index contributed by atoms with van der Waals surface area (Å²) in [4.78, 5) is 16.5. The fourth-order valence-corrected chi connectivity index (χ4v) is 3.15. The smallest absolute Gasteiger partial charge is 0.135 e. The molecule has 0 radical (unpaired) electrons. The van der Waals surface area contributed by atoms with Crippen molar-refractivity contribution in [2.75, 3.05) is 26.2 Å². The van der Waals surface area contributed by atoms with Gasteiger partial charge in [-0.15, -0.1) is 0 Å². The number of hydrogen-bond donors (Lipinski definition) is 0. The number of Topliss-reactive ketones (excluding diaryl/α,β-unsaturated/α-hetero) is 1. The third-order valence-electron chi connectivity index (χ3n) is 4.13. The van der Waals surface area contributed by atoms with Crippen LogP contribution in [-0.2, 0) is 4.79 Å². The summed E-state index contributed by atoms with van der Waals surface area (Å²) in [7, 11) is 0. The summed E-state index contributed by atoms with van der Waals surface area (Å²) in [6.07, 6.45) is 4.17. The standard InChI is InChI=1S/C13H24N2O/c1-3-14-7-4-5-12(10-14)15-8-6-13(16)9-11(15)2/h11-12H,3-10H2,1-2H3. The van der Waals surface area contributed by atoms with E-state index >= 15 is 0 Å². The molecule has 0 aromatic rings. The molecule has 2 saturated heterocycles. The summed E-state index contributed by atoms with van der Waals surface area (Å²) in [5.74, 6) is 0.451. The average molecular weight is 224 g/mol. The van der Waals surface area contributed by atoms with E-state index in [1.54, 1.807) is 0 Å². The first kappa shape index (κ1) is 12.1. The zero-order valence-corrected chi connectivity index (χ0v) is 10.6. The van der Waals surface area contributed by atoms with Gasteiger partial charge in [-0.2, -0.15) is 0 Å². The van der Waals surface area contributed by atoms with Gasteiger partial charge in [0.1, 0.15) is 5.78 Å². The van der Waals surface area contributed by atoms with Gasteiger partial charge in [0.2, 0.25) is 0 Å². The lowest BCUT2D eigenvalue weighted by atomic mass is 9.96. The fourth-order valence-electron chi connectivity index (χ4n) is 3.15. The van der Waals surface area contributed by atoms with Gasteiger partial charge in [0, 0.05) is 38.0 Å². The number of ketones is 1. The Bertz CT molecular complexity index is 254. The van der Waals surface area contributed by atoms with Crippen LogP contribution < -0.4 is 0 Å². The van der Waals surface area contributed by atoms with E-state index in [1.165, 1.54) is 25.9 Å². The second kappa shape index (κ2) is 5.28. The molecule has 16 heavy (non-hydrogen) atoms. The Morgan fingerprint density at radius 2 is 2.19 bits per heavy atom. The van der Waals surface area contributed by atoms with Crippen LogP contribution in [0.3, 0.4) is 0 Å². The van der Waals surface area contributed by atoms with Crippen LogP contribution in [-0.4, -0.2) is 53.8 Å². The molecule has 0 bridgehead atoms. The molecule has 3 nitrogen and oxygen atoms in total. The van der Waals surface area contributed by atoms with E-state index < -0.39 is 0 Å². The van der Waals surface area contributed by atoms with E-state index in [0.717, 1.165) is 25.9 Å². The molecule has 2 aliphatic heterocycles. The molecule has 2 unspecified atom stereocenters. The van der Waals surface area contributed by atoms with Crippen molar-refractivity contribution in [3.8, 4) is 0 Å². The monoisotopic (exact) mass is 224 g/mol. The van der Waals surface area contributed by atoms with Gasteiger partial charge in [0.25, 0.3) is 0 Å². The molecule has 0 aliphatic carbocycles.